The van der Waals surface area contributed by atoms with E-state index in [1.54, 1.807) is 23.0 Å². The second-order valence-electron chi connectivity index (χ2n) is 6.16. The van der Waals surface area contributed by atoms with Gasteiger partial charge in [-0.2, -0.15) is 5.10 Å². The fourth-order valence-corrected chi connectivity index (χ4v) is 2.74. The van der Waals surface area contributed by atoms with Gasteiger partial charge in [0, 0.05) is 12.6 Å². The SMILES string of the molecule is COc1ccc(C(C)N(C)C(=O)c2ccc(Cn3cncn3)cc2)cc1. The minimum atomic E-state index is -0.0387. The molecule has 0 saturated carbocycles. The zero-order valence-corrected chi connectivity index (χ0v) is 15.2. The first-order chi connectivity index (χ1) is 12.6. The number of aromatic nitrogens is 3. The summed E-state index contributed by atoms with van der Waals surface area (Å²) in [5, 5.41) is 4.09. The van der Waals surface area contributed by atoms with E-state index in [9.17, 15) is 4.79 Å². The topological polar surface area (TPSA) is 60.2 Å². The highest BCUT2D eigenvalue weighted by atomic mass is 16.5. The number of nitrogens with zero attached hydrogens (tertiary/aromatic N) is 4. The van der Waals surface area contributed by atoms with Gasteiger partial charge in [-0.3, -0.25) is 4.79 Å². The van der Waals surface area contributed by atoms with Crippen LogP contribution in [0.1, 0.15) is 34.5 Å². The third-order valence-electron chi connectivity index (χ3n) is 4.51. The summed E-state index contributed by atoms with van der Waals surface area (Å²) in [5.74, 6) is 0.790. The van der Waals surface area contributed by atoms with Gasteiger partial charge in [-0.25, -0.2) is 9.67 Å². The Kier molecular flexibility index (Phi) is 5.31. The number of benzene rings is 2. The third-order valence-corrected chi connectivity index (χ3v) is 4.51. The molecule has 0 aliphatic heterocycles. The van der Waals surface area contributed by atoms with Crippen LogP contribution in [-0.4, -0.2) is 39.7 Å². The molecular weight excluding hydrogens is 328 g/mol. The van der Waals surface area contributed by atoms with Gasteiger partial charge in [0.05, 0.1) is 19.7 Å². The number of carbonyl (C=O) groups excluding carboxylic acids is 1. The summed E-state index contributed by atoms with van der Waals surface area (Å²) in [5.41, 5.74) is 2.79. The van der Waals surface area contributed by atoms with Crippen LogP contribution < -0.4 is 4.74 Å². The molecule has 0 spiro atoms. The van der Waals surface area contributed by atoms with Crippen LogP contribution in [-0.2, 0) is 6.54 Å². The largest absolute Gasteiger partial charge is 0.497 e. The first-order valence-corrected chi connectivity index (χ1v) is 8.41. The molecule has 0 bridgehead atoms. The van der Waals surface area contributed by atoms with Crippen molar-refractivity contribution in [3.05, 3.63) is 77.9 Å². The lowest BCUT2D eigenvalue weighted by Crippen LogP contribution is -2.29. The van der Waals surface area contributed by atoms with Crippen LogP contribution in [0.15, 0.2) is 61.2 Å². The Labute approximate surface area is 153 Å². The van der Waals surface area contributed by atoms with Crippen molar-refractivity contribution in [2.24, 2.45) is 0 Å². The average Bonchev–Trinajstić information content (AvgIpc) is 3.20. The first-order valence-electron chi connectivity index (χ1n) is 8.41. The van der Waals surface area contributed by atoms with E-state index in [1.807, 2.05) is 62.5 Å². The Morgan fingerprint density at radius 2 is 1.85 bits per heavy atom. The Hall–Kier alpha value is -3.15. The number of hydrogen-bond donors (Lipinski definition) is 0. The first kappa shape index (κ1) is 17.7. The predicted octanol–water partition coefficient (Wildman–Crippen LogP) is 3.17. The van der Waals surface area contributed by atoms with Gasteiger partial charge < -0.3 is 9.64 Å². The highest BCUT2D eigenvalue weighted by molar-refractivity contribution is 5.94. The van der Waals surface area contributed by atoms with Gasteiger partial charge in [-0.05, 0) is 42.3 Å². The summed E-state index contributed by atoms with van der Waals surface area (Å²) in [4.78, 5) is 18.5. The van der Waals surface area contributed by atoms with E-state index in [2.05, 4.69) is 10.1 Å². The van der Waals surface area contributed by atoms with Crippen LogP contribution in [0.3, 0.4) is 0 Å². The van der Waals surface area contributed by atoms with Crippen molar-refractivity contribution in [2.45, 2.75) is 19.5 Å². The Morgan fingerprint density at radius 3 is 2.42 bits per heavy atom. The lowest BCUT2D eigenvalue weighted by Gasteiger charge is -2.25. The van der Waals surface area contributed by atoms with Crippen LogP contribution in [0, 0.1) is 0 Å². The zero-order chi connectivity index (χ0) is 18.5. The van der Waals surface area contributed by atoms with E-state index in [0.29, 0.717) is 12.1 Å². The summed E-state index contributed by atoms with van der Waals surface area (Å²) in [6, 6.07) is 15.3. The second-order valence-corrected chi connectivity index (χ2v) is 6.16. The van der Waals surface area contributed by atoms with Crippen LogP contribution >= 0.6 is 0 Å². The van der Waals surface area contributed by atoms with E-state index in [1.165, 1.54) is 6.33 Å². The van der Waals surface area contributed by atoms with Gasteiger partial charge in [0.1, 0.15) is 18.4 Å². The number of carbonyl (C=O) groups is 1. The van der Waals surface area contributed by atoms with Crippen LogP contribution in [0.4, 0.5) is 0 Å². The highest BCUT2D eigenvalue weighted by Gasteiger charge is 2.19. The maximum atomic E-state index is 12.8. The quantitative estimate of drug-likeness (QED) is 0.685. The molecule has 0 aliphatic carbocycles. The maximum Gasteiger partial charge on any atom is 0.254 e. The molecule has 134 valence electrons. The van der Waals surface area contributed by atoms with Crippen molar-refractivity contribution < 1.29 is 9.53 Å². The average molecular weight is 350 g/mol. The second kappa shape index (κ2) is 7.82. The molecule has 26 heavy (non-hydrogen) atoms. The molecular formula is C20H22N4O2. The molecule has 1 atom stereocenters. The minimum absolute atomic E-state index is 0.0133. The normalized spacial score (nSPS) is 11.8. The number of rotatable bonds is 6. The Morgan fingerprint density at radius 1 is 1.15 bits per heavy atom. The lowest BCUT2D eigenvalue weighted by molar-refractivity contribution is 0.0742. The van der Waals surface area contributed by atoms with Gasteiger partial charge in [0.25, 0.3) is 5.91 Å². The molecule has 6 heteroatoms. The van der Waals surface area contributed by atoms with Crippen molar-refractivity contribution in [1.29, 1.82) is 0 Å². The molecule has 0 aliphatic rings. The summed E-state index contributed by atoms with van der Waals surface area (Å²) in [6.07, 6.45) is 3.18. The van der Waals surface area contributed by atoms with Gasteiger partial charge in [0.2, 0.25) is 0 Å². The van der Waals surface area contributed by atoms with E-state index >= 15 is 0 Å². The molecule has 3 rings (SSSR count). The molecule has 0 fully saturated rings. The summed E-state index contributed by atoms with van der Waals surface area (Å²) in [6.45, 7) is 2.64. The monoisotopic (exact) mass is 350 g/mol. The number of hydrogen-bond acceptors (Lipinski definition) is 4. The minimum Gasteiger partial charge on any atom is -0.497 e. The summed E-state index contributed by atoms with van der Waals surface area (Å²) >= 11 is 0. The fourth-order valence-electron chi connectivity index (χ4n) is 2.74. The molecule has 0 radical (unpaired) electrons. The van der Waals surface area contributed by atoms with Crippen molar-refractivity contribution in [3.8, 4) is 5.75 Å². The standard InChI is InChI=1S/C20H22N4O2/c1-15(17-8-10-19(26-3)11-9-17)23(2)20(25)18-6-4-16(5-7-18)12-24-14-21-13-22-24/h4-11,13-15H,12H2,1-3H3. The van der Waals surface area contributed by atoms with Crippen molar-refractivity contribution >= 4 is 5.91 Å². The summed E-state index contributed by atoms with van der Waals surface area (Å²) in [7, 11) is 3.46. The molecule has 2 aromatic carbocycles. The Bertz CT molecular complexity index is 843. The van der Waals surface area contributed by atoms with Gasteiger partial charge in [-0.1, -0.05) is 24.3 Å². The van der Waals surface area contributed by atoms with Crippen molar-refractivity contribution in [3.63, 3.8) is 0 Å². The molecule has 1 heterocycles. The van der Waals surface area contributed by atoms with E-state index in [4.69, 9.17) is 4.74 Å². The molecule has 3 aromatic rings. The molecule has 1 aromatic heterocycles. The van der Waals surface area contributed by atoms with Crippen molar-refractivity contribution in [2.75, 3.05) is 14.2 Å². The van der Waals surface area contributed by atoms with Gasteiger partial charge >= 0.3 is 0 Å². The van der Waals surface area contributed by atoms with Crippen LogP contribution in [0.2, 0.25) is 0 Å². The van der Waals surface area contributed by atoms with Gasteiger partial charge in [0.15, 0.2) is 0 Å². The molecule has 1 amide bonds. The Balaban J connectivity index is 1.68. The van der Waals surface area contributed by atoms with Gasteiger partial charge in [-0.15, -0.1) is 0 Å². The number of amides is 1. The van der Waals surface area contributed by atoms with E-state index < -0.39 is 0 Å². The smallest absolute Gasteiger partial charge is 0.254 e. The van der Waals surface area contributed by atoms with Crippen LogP contribution in [0.5, 0.6) is 5.75 Å². The summed E-state index contributed by atoms with van der Waals surface area (Å²) < 4.78 is 6.93. The zero-order valence-electron chi connectivity index (χ0n) is 15.2. The lowest BCUT2D eigenvalue weighted by atomic mass is 10.1. The maximum absolute atomic E-state index is 12.8. The molecule has 0 N–H and O–H groups in total. The molecule has 6 nitrogen and oxygen atoms in total. The number of methoxy groups -OCH3 is 1. The van der Waals surface area contributed by atoms with Crippen LogP contribution in [0.25, 0.3) is 0 Å². The van der Waals surface area contributed by atoms with E-state index in [0.717, 1.165) is 16.9 Å². The third kappa shape index (κ3) is 3.91. The molecule has 0 saturated heterocycles. The van der Waals surface area contributed by atoms with Crippen molar-refractivity contribution in [1.82, 2.24) is 19.7 Å². The molecule has 1 unspecified atom stereocenters. The van der Waals surface area contributed by atoms with E-state index in [-0.39, 0.29) is 11.9 Å². The number of ether oxygens (including phenoxy) is 1. The predicted molar refractivity (Wildman–Crippen MR) is 99.1 cm³/mol. The highest BCUT2D eigenvalue weighted by Crippen LogP contribution is 2.23. The fraction of sp³-hybridized carbons (Fsp3) is 0.250.